The van der Waals surface area contributed by atoms with Crippen molar-refractivity contribution in [2.45, 2.75) is 52.7 Å². The zero-order valence-corrected chi connectivity index (χ0v) is 22.6. The molecule has 2 aromatic carbocycles. The average Bonchev–Trinajstić information content (AvgIpc) is 2.83. The first kappa shape index (κ1) is 29.4. The third-order valence-corrected chi connectivity index (χ3v) is 5.16. The highest BCUT2D eigenvalue weighted by atomic mass is 35.5. The number of carbonyl (C=O) groups excluding carboxylic acids is 2. The van der Waals surface area contributed by atoms with E-state index in [9.17, 15) is 9.59 Å². The molecule has 188 valence electrons. The van der Waals surface area contributed by atoms with Crippen LogP contribution in [0.15, 0.2) is 48.5 Å². The Morgan fingerprint density at radius 1 is 0.676 bits per heavy atom. The Hall–Kier alpha value is -3.80. The van der Waals surface area contributed by atoms with Crippen molar-refractivity contribution < 1.29 is 19.1 Å². The van der Waals surface area contributed by atoms with Gasteiger partial charge in [-0.1, -0.05) is 46.9 Å². The third kappa shape index (κ3) is 10.00. The van der Waals surface area contributed by atoms with Gasteiger partial charge < -0.3 is 9.47 Å². The summed E-state index contributed by atoms with van der Waals surface area (Å²) in [6.45, 7) is 6.79. The molecule has 37 heavy (non-hydrogen) atoms. The second-order valence-electron chi connectivity index (χ2n) is 8.46. The number of rotatable bonds is 6. The molecule has 4 nitrogen and oxygen atoms in total. The van der Waals surface area contributed by atoms with Crippen molar-refractivity contribution in [2.24, 2.45) is 5.41 Å². The molecule has 0 aliphatic heterocycles. The SMILES string of the molecule is CC(C)OC(=O)C(CC#CC#Cc1ccc(Cl)cc1)(CC#CC#Cc1ccc(Cl)cc1)C(=O)OC(C)C. The maximum absolute atomic E-state index is 13.2. The van der Waals surface area contributed by atoms with E-state index in [1.54, 1.807) is 76.2 Å². The van der Waals surface area contributed by atoms with Gasteiger partial charge in [0.25, 0.3) is 0 Å². The number of esters is 2. The Balaban J connectivity index is 2.36. The summed E-state index contributed by atoms with van der Waals surface area (Å²) in [5.74, 6) is 20.8. The van der Waals surface area contributed by atoms with E-state index in [4.69, 9.17) is 32.7 Å². The molecule has 6 heteroatoms. The molecule has 0 heterocycles. The molecule has 0 unspecified atom stereocenters. The second kappa shape index (κ2) is 14.7. The van der Waals surface area contributed by atoms with Gasteiger partial charge in [0.1, 0.15) is 0 Å². The molecule has 0 aliphatic rings. The Labute approximate surface area is 229 Å². The van der Waals surface area contributed by atoms with Crippen molar-refractivity contribution in [3.05, 3.63) is 69.7 Å². The van der Waals surface area contributed by atoms with Gasteiger partial charge in [-0.15, -0.1) is 0 Å². The zero-order valence-electron chi connectivity index (χ0n) is 21.1. The van der Waals surface area contributed by atoms with Crippen molar-refractivity contribution >= 4 is 35.1 Å². The van der Waals surface area contributed by atoms with E-state index in [-0.39, 0.29) is 12.8 Å². The van der Waals surface area contributed by atoms with Gasteiger partial charge in [-0.2, -0.15) is 0 Å². The zero-order chi connectivity index (χ0) is 27.3. The monoisotopic (exact) mass is 532 g/mol. The number of hydrogen-bond donors (Lipinski definition) is 0. The van der Waals surface area contributed by atoms with Crippen molar-refractivity contribution in [2.75, 3.05) is 0 Å². The Morgan fingerprint density at radius 2 is 1.03 bits per heavy atom. The first-order valence-corrected chi connectivity index (χ1v) is 12.3. The summed E-state index contributed by atoms with van der Waals surface area (Å²) in [5.41, 5.74) is -0.291. The fourth-order valence-electron chi connectivity index (χ4n) is 2.84. The molecule has 2 aromatic rings. The van der Waals surface area contributed by atoms with Gasteiger partial charge >= 0.3 is 11.9 Å². The molecule has 0 N–H and O–H groups in total. The van der Waals surface area contributed by atoms with E-state index in [1.807, 2.05) is 0 Å². The Kier molecular flexibility index (Phi) is 11.7. The Morgan fingerprint density at radius 3 is 1.35 bits per heavy atom. The summed E-state index contributed by atoms with van der Waals surface area (Å²) in [6.07, 6.45) is -1.26. The van der Waals surface area contributed by atoms with Gasteiger partial charge in [-0.05, 0) is 99.9 Å². The summed E-state index contributed by atoms with van der Waals surface area (Å²) in [4.78, 5) is 26.4. The van der Waals surface area contributed by atoms with Crippen molar-refractivity contribution in [3.8, 4) is 47.4 Å². The van der Waals surface area contributed by atoms with Gasteiger partial charge in [0.15, 0.2) is 5.41 Å². The topological polar surface area (TPSA) is 52.6 Å². The van der Waals surface area contributed by atoms with Crippen LogP contribution in [-0.2, 0) is 19.1 Å². The molecule has 0 spiro atoms. The number of halogens is 2. The van der Waals surface area contributed by atoms with Crippen molar-refractivity contribution in [1.29, 1.82) is 0 Å². The molecule has 0 fully saturated rings. The van der Waals surface area contributed by atoms with Crippen LogP contribution in [0, 0.1) is 52.8 Å². The van der Waals surface area contributed by atoms with Crippen LogP contribution >= 0.6 is 23.2 Å². The minimum absolute atomic E-state index is 0.182. The van der Waals surface area contributed by atoms with Crippen LogP contribution in [0.2, 0.25) is 10.0 Å². The van der Waals surface area contributed by atoms with E-state index in [2.05, 4.69) is 47.4 Å². The normalized spacial score (nSPS) is 9.95. The number of hydrogen-bond acceptors (Lipinski definition) is 4. The number of ether oxygens (including phenoxy) is 2. The lowest BCUT2D eigenvalue weighted by Gasteiger charge is -2.27. The van der Waals surface area contributed by atoms with E-state index in [0.29, 0.717) is 10.0 Å². The number of benzene rings is 2. The fourth-order valence-corrected chi connectivity index (χ4v) is 3.09. The predicted molar refractivity (Wildman–Crippen MR) is 146 cm³/mol. The standard InChI is InChI=1S/C31H26Cl2O4/c1-23(2)36-29(34)31(30(35)37-24(3)4,21-9-5-7-11-25-13-17-27(32)18-14-25)22-10-6-8-12-26-15-19-28(33)20-16-26/h13-20,23-24H,21-22H2,1-4H3. The van der Waals surface area contributed by atoms with Crippen LogP contribution in [0.1, 0.15) is 51.7 Å². The quantitative estimate of drug-likeness (QED) is 0.257. The average molecular weight is 533 g/mol. The maximum atomic E-state index is 13.2. The summed E-state index contributed by atoms with van der Waals surface area (Å²) in [7, 11) is 0. The van der Waals surface area contributed by atoms with Gasteiger partial charge in [0.05, 0.1) is 12.2 Å². The molecule has 0 bridgehead atoms. The Bertz CT molecular complexity index is 1230. The summed E-state index contributed by atoms with van der Waals surface area (Å²) in [6, 6.07) is 14.0. The van der Waals surface area contributed by atoms with Crippen molar-refractivity contribution in [3.63, 3.8) is 0 Å². The van der Waals surface area contributed by atoms with E-state index >= 15 is 0 Å². The van der Waals surface area contributed by atoms with E-state index in [0.717, 1.165) is 11.1 Å². The predicted octanol–water partition coefficient (Wildman–Crippen LogP) is 6.07. The third-order valence-electron chi connectivity index (χ3n) is 4.65. The molecule has 0 saturated carbocycles. The molecule has 0 amide bonds. The first-order chi connectivity index (χ1) is 17.6. The molecule has 0 radical (unpaired) electrons. The lowest BCUT2D eigenvalue weighted by atomic mass is 9.81. The molecule has 0 aliphatic carbocycles. The van der Waals surface area contributed by atoms with Crippen LogP contribution in [0.4, 0.5) is 0 Å². The highest BCUT2D eigenvalue weighted by Gasteiger charge is 2.49. The smallest absolute Gasteiger partial charge is 0.325 e. The largest absolute Gasteiger partial charge is 0.462 e. The van der Waals surface area contributed by atoms with Crippen LogP contribution < -0.4 is 0 Å². The summed E-state index contributed by atoms with van der Waals surface area (Å²) >= 11 is 11.8. The highest BCUT2D eigenvalue weighted by molar-refractivity contribution is 6.30. The molecular formula is C31H26Cl2O4. The lowest BCUT2D eigenvalue weighted by molar-refractivity contribution is -0.176. The second-order valence-corrected chi connectivity index (χ2v) is 9.33. The van der Waals surface area contributed by atoms with E-state index in [1.165, 1.54) is 0 Å². The molecule has 2 rings (SSSR count). The number of carbonyl (C=O) groups is 2. The minimum Gasteiger partial charge on any atom is -0.462 e. The van der Waals surface area contributed by atoms with Gasteiger partial charge in [0.2, 0.25) is 0 Å². The first-order valence-electron chi connectivity index (χ1n) is 11.5. The van der Waals surface area contributed by atoms with Crippen LogP contribution in [0.3, 0.4) is 0 Å². The highest BCUT2D eigenvalue weighted by Crippen LogP contribution is 2.31. The van der Waals surface area contributed by atoms with Crippen LogP contribution in [0.25, 0.3) is 0 Å². The molecule has 0 saturated heterocycles. The molecular weight excluding hydrogens is 507 g/mol. The van der Waals surface area contributed by atoms with E-state index < -0.39 is 29.6 Å². The van der Waals surface area contributed by atoms with Gasteiger partial charge in [-0.3, -0.25) is 9.59 Å². The maximum Gasteiger partial charge on any atom is 0.325 e. The molecule has 0 atom stereocenters. The van der Waals surface area contributed by atoms with Crippen LogP contribution in [-0.4, -0.2) is 24.1 Å². The minimum atomic E-state index is -1.75. The fraction of sp³-hybridized carbons (Fsp3) is 0.290. The summed E-state index contributed by atoms with van der Waals surface area (Å²) < 4.78 is 10.8. The van der Waals surface area contributed by atoms with Gasteiger partial charge in [0, 0.05) is 34.0 Å². The summed E-state index contributed by atoms with van der Waals surface area (Å²) in [5, 5.41) is 1.21. The van der Waals surface area contributed by atoms with Gasteiger partial charge in [-0.25, -0.2) is 0 Å². The van der Waals surface area contributed by atoms with Crippen LogP contribution in [0.5, 0.6) is 0 Å². The van der Waals surface area contributed by atoms with Crippen molar-refractivity contribution in [1.82, 2.24) is 0 Å². The molecule has 0 aromatic heterocycles. The lowest BCUT2D eigenvalue weighted by Crippen LogP contribution is -2.43.